The molecule has 0 spiro atoms. The lowest BCUT2D eigenvalue weighted by Gasteiger charge is -2.26. The molecular formula is C19H21N3O2. The number of benzene rings is 1. The number of amides is 1. The van der Waals surface area contributed by atoms with Gasteiger partial charge in [0.25, 0.3) is 0 Å². The molecule has 0 saturated carbocycles. The van der Waals surface area contributed by atoms with Crippen molar-refractivity contribution in [3.63, 3.8) is 0 Å². The van der Waals surface area contributed by atoms with E-state index < -0.39 is 0 Å². The van der Waals surface area contributed by atoms with Crippen molar-refractivity contribution in [3.05, 3.63) is 66.0 Å². The summed E-state index contributed by atoms with van der Waals surface area (Å²) in [6.07, 6.45) is 6.67. The number of pyridine rings is 1. The molecule has 3 rings (SSSR count). The number of morpholine rings is 1. The topological polar surface area (TPSA) is 54.5 Å². The minimum atomic E-state index is -0.153. The van der Waals surface area contributed by atoms with Crippen LogP contribution in [-0.2, 0) is 16.1 Å². The van der Waals surface area contributed by atoms with Gasteiger partial charge in [-0.2, -0.15) is 0 Å². The zero-order valence-corrected chi connectivity index (χ0v) is 13.5. The number of rotatable bonds is 5. The third kappa shape index (κ3) is 5.01. The summed E-state index contributed by atoms with van der Waals surface area (Å²) < 4.78 is 5.36. The van der Waals surface area contributed by atoms with Crippen molar-refractivity contribution in [2.75, 3.05) is 31.6 Å². The number of nitrogens with one attached hydrogen (secondary N) is 1. The zero-order valence-electron chi connectivity index (χ0n) is 13.5. The van der Waals surface area contributed by atoms with Crippen LogP contribution >= 0.6 is 0 Å². The van der Waals surface area contributed by atoms with Crippen molar-refractivity contribution >= 4 is 17.7 Å². The summed E-state index contributed by atoms with van der Waals surface area (Å²) in [7, 11) is 0. The highest BCUT2D eigenvalue weighted by Gasteiger charge is 2.10. The first-order valence-electron chi connectivity index (χ1n) is 8.08. The van der Waals surface area contributed by atoms with E-state index in [1.54, 1.807) is 18.5 Å². The number of hydrogen-bond donors (Lipinski definition) is 1. The van der Waals surface area contributed by atoms with Crippen molar-refractivity contribution in [1.29, 1.82) is 0 Å². The molecular weight excluding hydrogens is 302 g/mol. The third-order valence-corrected chi connectivity index (χ3v) is 3.84. The van der Waals surface area contributed by atoms with Crippen LogP contribution in [0.2, 0.25) is 0 Å². The van der Waals surface area contributed by atoms with Crippen LogP contribution in [0.5, 0.6) is 0 Å². The van der Waals surface area contributed by atoms with Crippen molar-refractivity contribution < 1.29 is 9.53 Å². The molecule has 0 radical (unpaired) electrons. The van der Waals surface area contributed by atoms with Gasteiger partial charge in [0, 0.05) is 43.8 Å². The third-order valence-electron chi connectivity index (χ3n) is 3.84. The Balaban J connectivity index is 1.51. The summed E-state index contributed by atoms with van der Waals surface area (Å²) >= 11 is 0. The largest absolute Gasteiger partial charge is 0.379 e. The minimum absolute atomic E-state index is 0.153. The Bertz CT molecular complexity index is 678. The van der Waals surface area contributed by atoms with Gasteiger partial charge in [0.1, 0.15) is 0 Å². The first-order valence-corrected chi connectivity index (χ1v) is 8.08. The first kappa shape index (κ1) is 16.4. The van der Waals surface area contributed by atoms with Gasteiger partial charge in [-0.05, 0) is 35.4 Å². The molecule has 5 nitrogen and oxygen atoms in total. The average Bonchev–Trinajstić information content (AvgIpc) is 2.63. The Morgan fingerprint density at radius 1 is 1.21 bits per heavy atom. The molecule has 0 atom stereocenters. The van der Waals surface area contributed by atoms with E-state index in [0.29, 0.717) is 0 Å². The molecule has 1 aromatic carbocycles. The van der Waals surface area contributed by atoms with Crippen LogP contribution in [-0.4, -0.2) is 42.1 Å². The summed E-state index contributed by atoms with van der Waals surface area (Å²) in [4.78, 5) is 18.3. The summed E-state index contributed by atoms with van der Waals surface area (Å²) in [5, 5.41) is 2.86. The van der Waals surface area contributed by atoms with Gasteiger partial charge in [-0.15, -0.1) is 0 Å². The lowest BCUT2D eigenvalue weighted by Crippen LogP contribution is -2.35. The molecule has 0 unspecified atom stereocenters. The summed E-state index contributed by atoms with van der Waals surface area (Å²) in [5.41, 5.74) is 2.93. The fourth-order valence-corrected chi connectivity index (χ4v) is 2.54. The highest BCUT2D eigenvalue weighted by molar-refractivity contribution is 6.01. The van der Waals surface area contributed by atoms with Gasteiger partial charge < -0.3 is 10.1 Å². The number of hydrogen-bond acceptors (Lipinski definition) is 4. The summed E-state index contributed by atoms with van der Waals surface area (Å²) in [6, 6.07) is 11.7. The Morgan fingerprint density at radius 3 is 2.71 bits per heavy atom. The van der Waals surface area contributed by atoms with Crippen molar-refractivity contribution in [3.8, 4) is 0 Å². The molecule has 1 saturated heterocycles. The van der Waals surface area contributed by atoms with Crippen LogP contribution in [0.1, 0.15) is 11.1 Å². The summed E-state index contributed by atoms with van der Waals surface area (Å²) in [5.74, 6) is -0.153. The van der Waals surface area contributed by atoms with E-state index in [0.717, 1.165) is 44.1 Å². The average molecular weight is 323 g/mol. The minimum Gasteiger partial charge on any atom is -0.379 e. The highest BCUT2D eigenvalue weighted by atomic mass is 16.5. The van der Waals surface area contributed by atoms with Crippen LogP contribution in [0, 0.1) is 0 Å². The zero-order chi connectivity index (χ0) is 16.6. The molecule has 24 heavy (non-hydrogen) atoms. The van der Waals surface area contributed by atoms with Gasteiger partial charge >= 0.3 is 0 Å². The van der Waals surface area contributed by atoms with E-state index in [9.17, 15) is 4.79 Å². The lowest BCUT2D eigenvalue weighted by molar-refractivity contribution is -0.111. The van der Waals surface area contributed by atoms with E-state index in [-0.39, 0.29) is 5.91 Å². The Kier molecular flexibility index (Phi) is 5.71. The SMILES string of the molecule is O=C(/C=C/c1cccnc1)Nc1ccc(CN2CCOCC2)cc1. The first-order chi connectivity index (χ1) is 11.8. The van der Waals surface area contributed by atoms with Crippen molar-refractivity contribution in [1.82, 2.24) is 9.88 Å². The Morgan fingerprint density at radius 2 is 2.00 bits per heavy atom. The molecule has 0 aliphatic carbocycles. The fraction of sp³-hybridized carbons (Fsp3) is 0.263. The van der Waals surface area contributed by atoms with Gasteiger partial charge in [-0.1, -0.05) is 18.2 Å². The van der Waals surface area contributed by atoms with Crippen LogP contribution in [0.25, 0.3) is 6.08 Å². The smallest absolute Gasteiger partial charge is 0.248 e. The summed E-state index contributed by atoms with van der Waals surface area (Å²) in [6.45, 7) is 4.46. The second kappa shape index (κ2) is 8.38. The maximum atomic E-state index is 11.9. The normalized spacial score (nSPS) is 15.5. The standard InChI is InChI=1S/C19H21N3O2/c23-19(8-5-16-2-1-9-20-14-16)21-18-6-3-17(4-7-18)15-22-10-12-24-13-11-22/h1-9,14H,10-13,15H2,(H,21,23)/b8-5+. The van der Waals surface area contributed by atoms with Crippen LogP contribution in [0.4, 0.5) is 5.69 Å². The molecule has 1 aromatic heterocycles. The highest BCUT2D eigenvalue weighted by Crippen LogP contribution is 2.12. The molecule has 2 heterocycles. The van der Waals surface area contributed by atoms with Crippen LogP contribution < -0.4 is 5.32 Å². The lowest BCUT2D eigenvalue weighted by atomic mass is 10.2. The quantitative estimate of drug-likeness (QED) is 0.859. The van der Waals surface area contributed by atoms with Crippen LogP contribution in [0.3, 0.4) is 0 Å². The second-order valence-corrected chi connectivity index (χ2v) is 5.69. The van der Waals surface area contributed by atoms with E-state index in [1.165, 1.54) is 11.6 Å². The maximum Gasteiger partial charge on any atom is 0.248 e. The number of carbonyl (C=O) groups is 1. The van der Waals surface area contributed by atoms with Gasteiger partial charge in [-0.3, -0.25) is 14.7 Å². The molecule has 1 fully saturated rings. The predicted molar refractivity (Wildman–Crippen MR) is 94.4 cm³/mol. The van der Waals surface area contributed by atoms with E-state index >= 15 is 0 Å². The maximum absolute atomic E-state index is 11.9. The van der Waals surface area contributed by atoms with Crippen LogP contribution in [0.15, 0.2) is 54.9 Å². The van der Waals surface area contributed by atoms with E-state index in [1.807, 2.05) is 24.3 Å². The molecule has 124 valence electrons. The molecule has 1 N–H and O–H groups in total. The monoisotopic (exact) mass is 323 g/mol. The molecule has 0 bridgehead atoms. The molecule has 1 aliphatic rings. The number of aromatic nitrogens is 1. The van der Waals surface area contributed by atoms with Gasteiger partial charge in [-0.25, -0.2) is 0 Å². The fourth-order valence-electron chi connectivity index (χ4n) is 2.54. The number of anilines is 1. The molecule has 1 aliphatic heterocycles. The van der Waals surface area contributed by atoms with Gasteiger partial charge in [0.05, 0.1) is 13.2 Å². The Hall–Kier alpha value is -2.50. The van der Waals surface area contributed by atoms with Crippen molar-refractivity contribution in [2.45, 2.75) is 6.54 Å². The van der Waals surface area contributed by atoms with E-state index in [2.05, 4.69) is 27.3 Å². The second-order valence-electron chi connectivity index (χ2n) is 5.69. The number of carbonyl (C=O) groups excluding carboxylic acids is 1. The molecule has 5 heteroatoms. The molecule has 1 amide bonds. The number of nitrogens with zero attached hydrogens (tertiary/aromatic N) is 2. The van der Waals surface area contributed by atoms with E-state index in [4.69, 9.17) is 4.74 Å². The predicted octanol–water partition coefficient (Wildman–Crippen LogP) is 2.57. The van der Waals surface area contributed by atoms with Gasteiger partial charge in [0.15, 0.2) is 0 Å². The number of ether oxygens (including phenoxy) is 1. The van der Waals surface area contributed by atoms with Gasteiger partial charge in [0.2, 0.25) is 5.91 Å². The Labute approximate surface area is 142 Å². The molecule has 2 aromatic rings. The van der Waals surface area contributed by atoms with Crippen molar-refractivity contribution in [2.24, 2.45) is 0 Å².